The molecule has 0 aliphatic heterocycles. The van der Waals surface area contributed by atoms with Gasteiger partial charge in [0, 0.05) is 59.4 Å². The van der Waals surface area contributed by atoms with Crippen LogP contribution in [0.15, 0.2) is 116 Å². The van der Waals surface area contributed by atoms with Gasteiger partial charge < -0.3 is 24.0 Å². The Kier molecular flexibility index (Phi) is 10.0. The molecule has 4 heterocycles. The number of fused-ring (bicyclic) bond motifs is 3. The zero-order valence-corrected chi connectivity index (χ0v) is 28.0. The normalized spacial score (nSPS) is 10.7. The predicted octanol–water partition coefficient (Wildman–Crippen LogP) is 8.76. The second-order valence-electron chi connectivity index (χ2n) is 10.3. The fourth-order valence-electron chi connectivity index (χ4n) is 5.24. The Morgan fingerprint density at radius 3 is 1.41 bits per heavy atom. The van der Waals surface area contributed by atoms with Gasteiger partial charge in [0.2, 0.25) is 5.95 Å². The second kappa shape index (κ2) is 14.5. The van der Waals surface area contributed by atoms with E-state index < -0.39 is 11.6 Å². The smallest absolute Gasteiger partial charge is 0.503 e. The van der Waals surface area contributed by atoms with Crippen LogP contribution in [-0.4, -0.2) is 24.5 Å². The Morgan fingerprint density at radius 1 is 0.490 bits per heavy atom. The topological polar surface area (TPSA) is 75.0 Å². The molecule has 0 saturated carbocycles. The van der Waals surface area contributed by atoms with E-state index in [2.05, 4.69) is 44.2 Å². The fourth-order valence-corrected chi connectivity index (χ4v) is 5.24. The summed E-state index contributed by atoms with van der Waals surface area (Å²) in [6.45, 7) is 0. The molecule has 0 bridgehead atoms. The van der Waals surface area contributed by atoms with E-state index in [0.717, 1.165) is 10.8 Å². The van der Waals surface area contributed by atoms with Crippen LogP contribution in [0.3, 0.4) is 0 Å². The summed E-state index contributed by atoms with van der Waals surface area (Å²) < 4.78 is 43.1. The van der Waals surface area contributed by atoms with Crippen LogP contribution in [0.25, 0.3) is 50.3 Å². The molecule has 49 heavy (non-hydrogen) atoms. The Balaban J connectivity index is 0.00000208. The van der Waals surface area contributed by atoms with E-state index in [9.17, 15) is 8.78 Å². The molecule has 8 rings (SSSR count). The number of hydrogen-bond donors (Lipinski definition) is 0. The maximum absolute atomic E-state index is 14.6. The molecule has 0 aliphatic carbocycles. The molecule has 0 radical (unpaired) electrons. The third-order valence-electron chi connectivity index (χ3n) is 7.23. The standard InChI is InChI=1S/C38H19F2N5O2.2Pd/c39-26-16-24(34-6-1-3-12-41-34)18-30(20-26)46-28-8-10-32-33-11-9-29(23-37(33)45(36(32)22-28)38-43-14-5-15-44-38)47-31-19-25(17-27(40)21-31)35-7-2-4-13-42-35;;/h1-17,20-21H;;/q-4;2*+2. The summed E-state index contributed by atoms with van der Waals surface area (Å²) in [4.78, 5) is 17.5. The number of hydrogen-bond acceptors (Lipinski definition) is 6. The van der Waals surface area contributed by atoms with E-state index in [1.54, 1.807) is 71.8 Å². The first kappa shape index (κ1) is 33.7. The summed E-state index contributed by atoms with van der Waals surface area (Å²) in [6.07, 6.45) is 6.51. The van der Waals surface area contributed by atoms with E-state index in [1.807, 2.05) is 24.3 Å². The molecule has 0 saturated heterocycles. The summed E-state index contributed by atoms with van der Waals surface area (Å²) in [5.41, 5.74) is 3.23. The molecule has 0 aliphatic rings. The Labute approximate surface area is 306 Å². The van der Waals surface area contributed by atoms with Gasteiger partial charge in [-0.3, -0.25) is 0 Å². The Morgan fingerprint density at radius 2 is 0.959 bits per heavy atom. The third kappa shape index (κ3) is 7.03. The predicted molar refractivity (Wildman–Crippen MR) is 171 cm³/mol. The third-order valence-corrected chi connectivity index (χ3v) is 7.23. The minimum Gasteiger partial charge on any atom is -0.503 e. The van der Waals surface area contributed by atoms with Gasteiger partial charge in [-0.15, -0.1) is 47.5 Å². The minimum atomic E-state index is -0.489. The molecule has 8 aromatic rings. The molecule has 11 heteroatoms. The van der Waals surface area contributed by atoms with Gasteiger partial charge >= 0.3 is 40.8 Å². The van der Waals surface area contributed by atoms with Crippen molar-refractivity contribution >= 4 is 21.8 Å². The van der Waals surface area contributed by atoms with E-state index in [4.69, 9.17) is 9.47 Å². The van der Waals surface area contributed by atoms with Crippen LogP contribution in [0.5, 0.6) is 23.0 Å². The van der Waals surface area contributed by atoms with Gasteiger partial charge in [-0.1, -0.05) is 59.6 Å². The van der Waals surface area contributed by atoms with E-state index in [0.29, 0.717) is 51.0 Å². The van der Waals surface area contributed by atoms with Crippen molar-refractivity contribution in [2.75, 3.05) is 0 Å². The van der Waals surface area contributed by atoms with Crippen molar-refractivity contribution in [3.63, 3.8) is 0 Å². The first-order chi connectivity index (χ1) is 23.1. The second-order valence-corrected chi connectivity index (χ2v) is 10.3. The van der Waals surface area contributed by atoms with Crippen molar-refractivity contribution in [1.29, 1.82) is 0 Å². The summed E-state index contributed by atoms with van der Waals surface area (Å²) >= 11 is 0. The number of rotatable bonds is 7. The van der Waals surface area contributed by atoms with Crippen molar-refractivity contribution in [1.82, 2.24) is 24.5 Å². The molecule has 0 fully saturated rings. The molecule has 242 valence electrons. The van der Waals surface area contributed by atoms with Crippen LogP contribution < -0.4 is 9.47 Å². The van der Waals surface area contributed by atoms with Gasteiger partial charge in [-0.2, -0.15) is 22.9 Å². The van der Waals surface area contributed by atoms with Crippen molar-refractivity contribution in [3.05, 3.63) is 152 Å². The summed E-state index contributed by atoms with van der Waals surface area (Å²) in [5, 5.41) is 1.63. The average molecular weight is 828 g/mol. The first-order valence-electron chi connectivity index (χ1n) is 14.4. The van der Waals surface area contributed by atoms with Gasteiger partial charge in [-0.25, -0.2) is 18.7 Å². The molecule has 0 spiro atoms. The van der Waals surface area contributed by atoms with Gasteiger partial charge in [-0.05, 0) is 29.6 Å². The molecule has 0 N–H and O–H groups in total. The molecule has 0 amide bonds. The Hall–Kier alpha value is -5.16. The van der Waals surface area contributed by atoms with Crippen LogP contribution in [0.1, 0.15) is 0 Å². The van der Waals surface area contributed by atoms with Gasteiger partial charge in [0.25, 0.3) is 0 Å². The van der Waals surface area contributed by atoms with Crippen LogP contribution in [0.2, 0.25) is 0 Å². The van der Waals surface area contributed by atoms with Crippen molar-refractivity contribution in [3.8, 4) is 51.5 Å². The summed E-state index contributed by atoms with van der Waals surface area (Å²) in [6, 6.07) is 37.6. The number of aromatic nitrogens is 5. The van der Waals surface area contributed by atoms with Gasteiger partial charge in [0.1, 0.15) is 0 Å². The number of halogens is 2. The number of nitrogens with zero attached hydrogens (tertiary/aromatic N) is 5. The molecule has 0 unspecified atom stereocenters. The maximum atomic E-state index is 14.6. The zero-order chi connectivity index (χ0) is 31.7. The molecule has 4 aromatic carbocycles. The largest absolute Gasteiger partial charge is 2.00 e. The number of ether oxygens (including phenoxy) is 2. The number of benzene rings is 4. The molecule has 7 nitrogen and oxygen atoms in total. The molecular formula is C38H19F2N5O2Pd2. The molecule has 4 aromatic heterocycles. The van der Waals surface area contributed by atoms with Crippen molar-refractivity contribution in [2.45, 2.75) is 0 Å². The van der Waals surface area contributed by atoms with Crippen LogP contribution >= 0.6 is 0 Å². The van der Waals surface area contributed by atoms with E-state index >= 15 is 0 Å². The van der Waals surface area contributed by atoms with E-state index in [-0.39, 0.29) is 52.3 Å². The monoisotopic (exact) mass is 827 g/mol. The molecular weight excluding hydrogens is 809 g/mol. The fraction of sp³-hybridized carbons (Fsp3) is 0. The summed E-state index contributed by atoms with van der Waals surface area (Å²) in [7, 11) is 0. The van der Waals surface area contributed by atoms with Gasteiger partial charge in [0.15, 0.2) is 0 Å². The first-order valence-corrected chi connectivity index (χ1v) is 14.4. The minimum absolute atomic E-state index is 0. The average Bonchev–Trinajstić information content (AvgIpc) is 3.41. The van der Waals surface area contributed by atoms with E-state index in [1.165, 1.54) is 24.3 Å². The summed E-state index contributed by atoms with van der Waals surface area (Å²) in [5.74, 6) is 0.350. The Bertz CT molecular complexity index is 2250. The quantitative estimate of drug-likeness (QED) is 0.118. The van der Waals surface area contributed by atoms with Crippen LogP contribution in [0.4, 0.5) is 8.78 Å². The van der Waals surface area contributed by atoms with Crippen LogP contribution in [0, 0.1) is 35.9 Å². The van der Waals surface area contributed by atoms with Crippen molar-refractivity contribution < 1.29 is 59.1 Å². The maximum Gasteiger partial charge on any atom is 2.00 e. The zero-order valence-electron chi connectivity index (χ0n) is 24.9. The van der Waals surface area contributed by atoms with Crippen molar-refractivity contribution in [2.24, 2.45) is 0 Å². The number of pyridine rings is 2. The van der Waals surface area contributed by atoms with Crippen LogP contribution in [-0.2, 0) is 40.8 Å². The SMILES string of the molecule is Fc1cc(Oc2[c-]c3c(cc2)c2ccc(Oc4[c-]c(-c5ccccn5)cc(F)c4)[c-]c2n3-c2ncccn2)[c-]c(-c2ccccn2)c1.[Pd+2].[Pd+2]. The van der Waals surface area contributed by atoms with Gasteiger partial charge in [0.05, 0.1) is 0 Å². The molecule has 0 atom stereocenters.